The molecule has 0 aromatic heterocycles. The highest BCUT2D eigenvalue weighted by molar-refractivity contribution is 5.79. The Bertz CT molecular complexity index is 751. The van der Waals surface area contributed by atoms with E-state index < -0.39 is 0 Å². The monoisotopic (exact) mass is 369 g/mol. The summed E-state index contributed by atoms with van der Waals surface area (Å²) in [5.74, 6) is 1.64. The Labute approximate surface area is 162 Å². The van der Waals surface area contributed by atoms with Crippen LogP contribution in [-0.4, -0.2) is 25.7 Å². The highest BCUT2D eigenvalue weighted by Crippen LogP contribution is 2.22. The van der Waals surface area contributed by atoms with E-state index in [4.69, 9.17) is 9.47 Å². The zero-order valence-electron chi connectivity index (χ0n) is 17.0. The minimum absolute atomic E-state index is 0.233. The number of hydrogen-bond acceptors (Lipinski definition) is 3. The van der Waals surface area contributed by atoms with Gasteiger partial charge in [-0.3, -0.25) is 4.99 Å². The number of benzene rings is 2. The third kappa shape index (κ3) is 7.31. The first-order chi connectivity index (χ1) is 12.9. The van der Waals surface area contributed by atoms with Crippen molar-refractivity contribution < 1.29 is 9.47 Å². The van der Waals surface area contributed by atoms with E-state index in [2.05, 4.69) is 60.7 Å². The summed E-state index contributed by atoms with van der Waals surface area (Å²) < 4.78 is 11.2. The van der Waals surface area contributed by atoms with Crippen LogP contribution >= 0.6 is 0 Å². The Balaban J connectivity index is 1.94. The Morgan fingerprint density at radius 1 is 0.963 bits per heavy atom. The van der Waals surface area contributed by atoms with E-state index >= 15 is 0 Å². The van der Waals surface area contributed by atoms with Gasteiger partial charge in [0.1, 0.15) is 11.4 Å². The molecule has 0 saturated heterocycles. The Morgan fingerprint density at radius 2 is 1.67 bits per heavy atom. The second kappa shape index (κ2) is 9.97. The van der Waals surface area contributed by atoms with Crippen LogP contribution in [0.2, 0.25) is 0 Å². The molecule has 0 aliphatic carbocycles. The molecule has 0 heterocycles. The number of nitrogens with zero attached hydrogens (tertiary/aromatic N) is 1. The molecule has 2 aromatic rings. The molecule has 146 valence electrons. The van der Waals surface area contributed by atoms with Gasteiger partial charge in [-0.1, -0.05) is 42.5 Å². The summed E-state index contributed by atoms with van der Waals surface area (Å²) in [5.41, 5.74) is 3.21. The number of guanidine groups is 1. The number of aliphatic imine (C=N–C) groups is 1. The van der Waals surface area contributed by atoms with Gasteiger partial charge in [-0.2, -0.15) is 0 Å². The second-order valence-electron chi connectivity index (χ2n) is 7.35. The van der Waals surface area contributed by atoms with Gasteiger partial charge in [0.25, 0.3) is 0 Å². The normalized spacial score (nSPS) is 12.0. The molecule has 0 aliphatic heterocycles. The summed E-state index contributed by atoms with van der Waals surface area (Å²) in [7, 11) is 3.48. The lowest BCUT2D eigenvalue weighted by Gasteiger charge is -2.23. The minimum Gasteiger partial charge on any atom is -0.488 e. The van der Waals surface area contributed by atoms with Gasteiger partial charge in [0.2, 0.25) is 0 Å². The van der Waals surface area contributed by atoms with Crippen LogP contribution in [-0.2, 0) is 24.4 Å². The van der Waals surface area contributed by atoms with Gasteiger partial charge in [-0.15, -0.1) is 0 Å². The summed E-state index contributed by atoms with van der Waals surface area (Å²) in [6, 6.07) is 16.4. The average molecular weight is 370 g/mol. The third-order valence-corrected chi connectivity index (χ3v) is 3.82. The summed E-state index contributed by atoms with van der Waals surface area (Å²) in [4.78, 5) is 4.31. The van der Waals surface area contributed by atoms with Gasteiger partial charge in [0, 0.05) is 32.8 Å². The first kappa shape index (κ1) is 20.8. The first-order valence-corrected chi connectivity index (χ1v) is 9.19. The van der Waals surface area contributed by atoms with E-state index in [1.807, 2.05) is 24.3 Å². The van der Waals surface area contributed by atoms with E-state index in [1.165, 1.54) is 5.56 Å². The summed E-state index contributed by atoms with van der Waals surface area (Å²) in [6.07, 6.45) is 0. The average Bonchev–Trinajstić information content (AvgIpc) is 2.62. The van der Waals surface area contributed by atoms with Crippen LogP contribution in [0.1, 0.15) is 37.5 Å². The Hall–Kier alpha value is -2.53. The maximum absolute atomic E-state index is 6.05. The molecule has 0 spiro atoms. The molecule has 0 atom stereocenters. The summed E-state index contributed by atoms with van der Waals surface area (Å²) in [6.45, 7) is 8.10. The van der Waals surface area contributed by atoms with E-state index in [1.54, 1.807) is 14.2 Å². The molecule has 0 unspecified atom stereocenters. The van der Waals surface area contributed by atoms with Crippen LogP contribution in [0, 0.1) is 0 Å². The molecule has 27 heavy (non-hydrogen) atoms. The SMILES string of the molecule is CN=C(NCc1cccc(COC)c1)NCc1ccccc1OC(C)(C)C. The van der Waals surface area contributed by atoms with Crippen molar-refractivity contribution in [1.82, 2.24) is 10.6 Å². The Morgan fingerprint density at radius 3 is 2.37 bits per heavy atom. The van der Waals surface area contributed by atoms with Gasteiger partial charge >= 0.3 is 0 Å². The van der Waals surface area contributed by atoms with Gasteiger partial charge in [0.15, 0.2) is 5.96 Å². The molecule has 0 bridgehead atoms. The maximum Gasteiger partial charge on any atom is 0.191 e. The van der Waals surface area contributed by atoms with Crippen LogP contribution in [0.25, 0.3) is 0 Å². The van der Waals surface area contributed by atoms with Gasteiger partial charge in [-0.25, -0.2) is 0 Å². The number of methoxy groups -OCH3 is 1. The van der Waals surface area contributed by atoms with Gasteiger partial charge in [0.05, 0.1) is 6.61 Å². The van der Waals surface area contributed by atoms with Crippen LogP contribution in [0.4, 0.5) is 0 Å². The fourth-order valence-corrected chi connectivity index (χ4v) is 2.66. The number of rotatable bonds is 7. The smallest absolute Gasteiger partial charge is 0.191 e. The zero-order chi connectivity index (χ0) is 19.7. The van der Waals surface area contributed by atoms with Crippen molar-refractivity contribution in [2.75, 3.05) is 14.2 Å². The van der Waals surface area contributed by atoms with Crippen molar-refractivity contribution in [2.45, 2.75) is 46.1 Å². The van der Waals surface area contributed by atoms with E-state index in [0.717, 1.165) is 22.8 Å². The molecule has 0 fully saturated rings. The fourth-order valence-electron chi connectivity index (χ4n) is 2.66. The standard InChI is InChI=1S/C22H31N3O2/c1-22(2,3)27-20-12-7-6-11-19(20)15-25-21(23-4)24-14-17-9-8-10-18(13-17)16-26-5/h6-13H,14-16H2,1-5H3,(H2,23,24,25). The molecule has 2 aromatic carbocycles. The molecule has 2 N–H and O–H groups in total. The predicted octanol–water partition coefficient (Wildman–Crippen LogP) is 3.88. The molecule has 0 aliphatic rings. The van der Waals surface area contributed by atoms with Crippen LogP contribution in [0.5, 0.6) is 5.75 Å². The summed E-state index contributed by atoms with van der Waals surface area (Å²) in [5, 5.41) is 6.71. The largest absolute Gasteiger partial charge is 0.488 e. The first-order valence-electron chi connectivity index (χ1n) is 9.19. The lowest BCUT2D eigenvalue weighted by atomic mass is 10.1. The quantitative estimate of drug-likeness (QED) is 0.574. The second-order valence-corrected chi connectivity index (χ2v) is 7.35. The highest BCUT2D eigenvalue weighted by Gasteiger charge is 2.14. The molecule has 5 heteroatoms. The number of hydrogen-bond donors (Lipinski definition) is 2. The van der Waals surface area contributed by atoms with Crippen molar-refractivity contribution >= 4 is 5.96 Å². The van der Waals surface area contributed by atoms with Crippen molar-refractivity contribution in [2.24, 2.45) is 4.99 Å². The van der Waals surface area contributed by atoms with Crippen molar-refractivity contribution in [1.29, 1.82) is 0 Å². The molecule has 2 rings (SSSR count). The van der Waals surface area contributed by atoms with Crippen LogP contribution in [0.15, 0.2) is 53.5 Å². The van der Waals surface area contributed by atoms with E-state index in [9.17, 15) is 0 Å². The maximum atomic E-state index is 6.05. The lowest BCUT2D eigenvalue weighted by Crippen LogP contribution is -2.36. The zero-order valence-corrected chi connectivity index (χ0v) is 17.0. The van der Waals surface area contributed by atoms with Crippen molar-refractivity contribution in [3.63, 3.8) is 0 Å². The number of nitrogens with one attached hydrogen (secondary N) is 2. The van der Waals surface area contributed by atoms with E-state index in [0.29, 0.717) is 19.7 Å². The third-order valence-electron chi connectivity index (χ3n) is 3.82. The molecule has 5 nitrogen and oxygen atoms in total. The van der Waals surface area contributed by atoms with Gasteiger partial charge in [-0.05, 0) is 38.0 Å². The molecular formula is C22H31N3O2. The molecular weight excluding hydrogens is 338 g/mol. The van der Waals surface area contributed by atoms with E-state index in [-0.39, 0.29) is 5.60 Å². The summed E-state index contributed by atoms with van der Waals surface area (Å²) >= 11 is 0. The molecule has 0 saturated carbocycles. The topological polar surface area (TPSA) is 54.9 Å². The lowest BCUT2D eigenvalue weighted by molar-refractivity contribution is 0.129. The number of ether oxygens (including phenoxy) is 2. The van der Waals surface area contributed by atoms with Crippen molar-refractivity contribution in [3.05, 3.63) is 65.2 Å². The van der Waals surface area contributed by atoms with Crippen LogP contribution in [0.3, 0.4) is 0 Å². The fraction of sp³-hybridized carbons (Fsp3) is 0.409. The molecule has 0 amide bonds. The highest BCUT2D eigenvalue weighted by atomic mass is 16.5. The Kier molecular flexibility index (Phi) is 7.67. The van der Waals surface area contributed by atoms with Crippen LogP contribution < -0.4 is 15.4 Å². The minimum atomic E-state index is -0.233. The van der Waals surface area contributed by atoms with Crippen molar-refractivity contribution in [3.8, 4) is 5.75 Å². The number of para-hydroxylation sites is 1. The van der Waals surface area contributed by atoms with Gasteiger partial charge < -0.3 is 20.1 Å². The molecule has 0 radical (unpaired) electrons. The predicted molar refractivity (Wildman–Crippen MR) is 111 cm³/mol.